The maximum atomic E-state index is 13.2. The number of nitrogens with zero attached hydrogens (tertiary/aromatic N) is 5. The van der Waals surface area contributed by atoms with Crippen molar-refractivity contribution in [3.8, 4) is 17.3 Å². The van der Waals surface area contributed by atoms with Gasteiger partial charge in [-0.3, -0.25) is 9.48 Å². The number of piperidine rings is 1. The van der Waals surface area contributed by atoms with Gasteiger partial charge in [-0.2, -0.15) is 10.1 Å². The molecule has 3 aromatic rings. The Morgan fingerprint density at radius 2 is 1.85 bits per heavy atom. The van der Waals surface area contributed by atoms with Crippen LogP contribution in [0.25, 0.3) is 22.4 Å². The summed E-state index contributed by atoms with van der Waals surface area (Å²) in [5, 5.41) is 4.72. The molecular formula is C25H34N6O2. The molecular weight excluding hydrogens is 416 g/mol. The van der Waals surface area contributed by atoms with E-state index in [-0.39, 0.29) is 11.6 Å². The number of hydrogen-bond acceptors (Lipinski definition) is 6. The number of pyridine rings is 1. The molecule has 0 amide bonds. The molecule has 1 aliphatic heterocycles. The standard InChI is InChI=1S/C25H34N6O2/c1-4-17-12-14-30(15-13-17)20-11-10-19(25(26-20)33-3)23-27-21-16(2)29-31(22(21)24(32)28-23)18-8-6-5-7-9-18/h10-11,17-18H,4-9,12-15H2,1-3H3,(H,27,28,32). The van der Waals surface area contributed by atoms with E-state index < -0.39 is 0 Å². The van der Waals surface area contributed by atoms with E-state index in [0.29, 0.717) is 28.3 Å². The molecule has 3 aromatic heterocycles. The third-order valence-corrected chi connectivity index (χ3v) is 7.45. The molecule has 8 nitrogen and oxygen atoms in total. The zero-order valence-corrected chi connectivity index (χ0v) is 19.9. The highest BCUT2D eigenvalue weighted by atomic mass is 16.5. The van der Waals surface area contributed by atoms with Gasteiger partial charge in [0.15, 0.2) is 5.52 Å². The average Bonchev–Trinajstić information content (AvgIpc) is 3.21. The van der Waals surface area contributed by atoms with Crippen LogP contribution in [-0.2, 0) is 0 Å². The van der Waals surface area contributed by atoms with Gasteiger partial charge < -0.3 is 14.6 Å². The molecule has 0 unspecified atom stereocenters. The number of nitrogens with one attached hydrogen (secondary N) is 1. The van der Waals surface area contributed by atoms with Crippen LogP contribution in [0.4, 0.5) is 5.82 Å². The SMILES string of the molecule is CCC1CCN(c2ccc(-c3nc4c(C)nn(C5CCCCC5)c4c(=O)[nH]3)c(OC)n2)CC1. The number of methoxy groups -OCH3 is 1. The minimum absolute atomic E-state index is 0.158. The fourth-order valence-corrected chi connectivity index (χ4v) is 5.42. The zero-order valence-electron chi connectivity index (χ0n) is 19.9. The van der Waals surface area contributed by atoms with E-state index in [4.69, 9.17) is 19.8 Å². The summed E-state index contributed by atoms with van der Waals surface area (Å²) in [4.78, 5) is 28.1. The smallest absolute Gasteiger partial charge is 0.277 e. The van der Waals surface area contributed by atoms with Crippen molar-refractivity contribution in [2.24, 2.45) is 5.92 Å². The Balaban J connectivity index is 1.50. The highest BCUT2D eigenvalue weighted by Crippen LogP contribution is 2.33. The number of aromatic amines is 1. The van der Waals surface area contributed by atoms with Gasteiger partial charge in [0.05, 0.1) is 24.4 Å². The van der Waals surface area contributed by atoms with Crippen molar-refractivity contribution in [1.82, 2.24) is 24.7 Å². The van der Waals surface area contributed by atoms with Gasteiger partial charge >= 0.3 is 0 Å². The lowest BCUT2D eigenvalue weighted by Crippen LogP contribution is -2.34. The molecule has 2 aliphatic rings. The van der Waals surface area contributed by atoms with E-state index >= 15 is 0 Å². The Hall–Kier alpha value is -2.90. The highest BCUT2D eigenvalue weighted by Gasteiger charge is 2.24. The van der Waals surface area contributed by atoms with Gasteiger partial charge in [-0.1, -0.05) is 32.6 Å². The molecule has 4 heterocycles. The predicted molar refractivity (Wildman–Crippen MR) is 130 cm³/mol. The minimum Gasteiger partial charge on any atom is -0.480 e. The highest BCUT2D eigenvalue weighted by molar-refractivity contribution is 5.79. The number of anilines is 1. The first-order chi connectivity index (χ1) is 16.1. The molecule has 0 spiro atoms. The van der Waals surface area contributed by atoms with Gasteiger partial charge in [0.1, 0.15) is 17.2 Å². The van der Waals surface area contributed by atoms with E-state index in [0.717, 1.165) is 43.4 Å². The number of rotatable bonds is 5. The van der Waals surface area contributed by atoms with Gasteiger partial charge in [0.2, 0.25) is 5.88 Å². The number of aryl methyl sites for hydroxylation is 1. The van der Waals surface area contributed by atoms with Crippen LogP contribution < -0.4 is 15.2 Å². The molecule has 33 heavy (non-hydrogen) atoms. The number of hydrogen-bond donors (Lipinski definition) is 1. The molecule has 1 saturated carbocycles. The maximum absolute atomic E-state index is 13.2. The largest absolute Gasteiger partial charge is 0.480 e. The summed E-state index contributed by atoms with van der Waals surface area (Å²) in [6.45, 7) is 6.21. The lowest BCUT2D eigenvalue weighted by molar-refractivity contribution is 0.336. The van der Waals surface area contributed by atoms with Crippen LogP contribution in [0.2, 0.25) is 0 Å². The summed E-state index contributed by atoms with van der Waals surface area (Å²) in [6.07, 6.45) is 9.36. The van der Waals surface area contributed by atoms with Crippen LogP contribution >= 0.6 is 0 Å². The van der Waals surface area contributed by atoms with Crippen molar-refractivity contribution >= 4 is 16.9 Å². The topological polar surface area (TPSA) is 88.9 Å². The van der Waals surface area contributed by atoms with Gasteiger partial charge in [-0.15, -0.1) is 0 Å². The van der Waals surface area contributed by atoms with E-state index in [9.17, 15) is 4.79 Å². The molecule has 1 N–H and O–H groups in total. The van der Waals surface area contributed by atoms with Crippen molar-refractivity contribution in [2.75, 3.05) is 25.1 Å². The number of fused-ring (bicyclic) bond motifs is 1. The number of aromatic nitrogens is 5. The molecule has 0 radical (unpaired) electrons. The molecule has 0 bridgehead atoms. The second-order valence-electron chi connectivity index (χ2n) is 9.50. The molecule has 1 saturated heterocycles. The van der Waals surface area contributed by atoms with Gasteiger partial charge in [0.25, 0.3) is 5.56 Å². The lowest BCUT2D eigenvalue weighted by atomic mass is 9.94. The summed E-state index contributed by atoms with van der Waals surface area (Å²) in [6, 6.07) is 4.24. The summed E-state index contributed by atoms with van der Waals surface area (Å²) in [5.74, 6) is 2.67. The summed E-state index contributed by atoms with van der Waals surface area (Å²) in [5.41, 5.74) is 2.55. The molecule has 1 aliphatic carbocycles. The quantitative estimate of drug-likeness (QED) is 0.610. The van der Waals surface area contributed by atoms with E-state index in [2.05, 4.69) is 16.8 Å². The third kappa shape index (κ3) is 4.11. The summed E-state index contributed by atoms with van der Waals surface area (Å²) < 4.78 is 7.55. The van der Waals surface area contributed by atoms with Crippen molar-refractivity contribution < 1.29 is 4.74 Å². The first kappa shape index (κ1) is 21.9. The first-order valence-corrected chi connectivity index (χ1v) is 12.4. The summed E-state index contributed by atoms with van der Waals surface area (Å²) >= 11 is 0. The maximum Gasteiger partial charge on any atom is 0.277 e. The third-order valence-electron chi connectivity index (χ3n) is 7.45. The predicted octanol–water partition coefficient (Wildman–Crippen LogP) is 4.63. The van der Waals surface area contributed by atoms with Crippen LogP contribution in [0.5, 0.6) is 5.88 Å². The molecule has 8 heteroatoms. The first-order valence-electron chi connectivity index (χ1n) is 12.4. The van der Waals surface area contributed by atoms with Crippen LogP contribution in [0.15, 0.2) is 16.9 Å². The molecule has 0 aromatic carbocycles. The molecule has 5 rings (SSSR count). The summed E-state index contributed by atoms with van der Waals surface area (Å²) in [7, 11) is 1.61. The lowest BCUT2D eigenvalue weighted by Gasteiger charge is -2.32. The van der Waals surface area contributed by atoms with E-state index in [1.807, 2.05) is 23.7 Å². The molecule has 176 valence electrons. The van der Waals surface area contributed by atoms with Crippen LogP contribution in [0, 0.1) is 12.8 Å². The van der Waals surface area contributed by atoms with E-state index in [1.165, 1.54) is 38.5 Å². The van der Waals surface area contributed by atoms with Gasteiger partial charge in [-0.25, -0.2) is 4.98 Å². The Bertz CT molecular complexity index is 1190. The monoisotopic (exact) mass is 450 g/mol. The average molecular weight is 451 g/mol. The molecule has 0 atom stereocenters. The van der Waals surface area contributed by atoms with Crippen LogP contribution in [0.1, 0.15) is 70.0 Å². The Morgan fingerprint density at radius 3 is 2.55 bits per heavy atom. The van der Waals surface area contributed by atoms with Crippen molar-refractivity contribution in [2.45, 2.75) is 71.3 Å². The van der Waals surface area contributed by atoms with Crippen LogP contribution in [-0.4, -0.2) is 44.9 Å². The van der Waals surface area contributed by atoms with Crippen molar-refractivity contribution in [3.63, 3.8) is 0 Å². The van der Waals surface area contributed by atoms with Gasteiger partial charge in [-0.05, 0) is 50.7 Å². The second kappa shape index (κ2) is 9.15. The van der Waals surface area contributed by atoms with E-state index in [1.54, 1.807) is 7.11 Å². The normalized spacial score (nSPS) is 18.2. The fraction of sp³-hybridized carbons (Fsp3) is 0.600. The van der Waals surface area contributed by atoms with Gasteiger partial charge in [0, 0.05) is 13.1 Å². The van der Waals surface area contributed by atoms with Crippen LogP contribution in [0.3, 0.4) is 0 Å². The molecule has 2 fully saturated rings. The second-order valence-corrected chi connectivity index (χ2v) is 9.50. The van der Waals surface area contributed by atoms with Crippen molar-refractivity contribution in [3.05, 3.63) is 28.2 Å². The fourth-order valence-electron chi connectivity index (χ4n) is 5.42. The number of H-pyrrole nitrogens is 1. The Kier molecular flexibility index (Phi) is 6.08. The van der Waals surface area contributed by atoms with Crippen molar-refractivity contribution in [1.29, 1.82) is 0 Å². The zero-order chi connectivity index (χ0) is 22.9. The Morgan fingerprint density at radius 1 is 1.09 bits per heavy atom. The minimum atomic E-state index is -0.158. The Labute approximate surface area is 194 Å². The number of ether oxygens (including phenoxy) is 1.